The molecule has 1 aromatic rings. The van der Waals surface area contributed by atoms with Crippen molar-refractivity contribution in [2.24, 2.45) is 0 Å². The Labute approximate surface area is 118 Å². The van der Waals surface area contributed by atoms with E-state index in [0.29, 0.717) is 25.9 Å². The second-order valence-electron chi connectivity index (χ2n) is 5.34. The summed E-state index contributed by atoms with van der Waals surface area (Å²) in [4.78, 5) is 24.9. The Bertz CT molecular complexity index is 510. The number of nitrogens with zero attached hydrogens (tertiary/aromatic N) is 3. The summed E-state index contributed by atoms with van der Waals surface area (Å²) in [6.07, 6.45) is 2.61. The molecule has 1 saturated heterocycles. The highest BCUT2D eigenvalue weighted by molar-refractivity contribution is 5.83. The first kappa shape index (κ1) is 14.6. The van der Waals surface area contributed by atoms with Crippen LogP contribution in [0.25, 0.3) is 0 Å². The van der Waals surface area contributed by atoms with Gasteiger partial charge in [0.05, 0.1) is 5.69 Å². The Hall–Kier alpha value is -1.85. The fourth-order valence-corrected chi connectivity index (χ4v) is 2.73. The maximum Gasteiger partial charge on any atom is 0.326 e. The van der Waals surface area contributed by atoms with Crippen LogP contribution in [0.3, 0.4) is 0 Å². The number of amides is 1. The van der Waals surface area contributed by atoms with E-state index in [-0.39, 0.29) is 5.91 Å². The second kappa shape index (κ2) is 6.07. The lowest BCUT2D eigenvalue weighted by atomic mass is 10.0. The number of piperidine rings is 1. The van der Waals surface area contributed by atoms with E-state index in [1.165, 1.54) is 4.90 Å². The molecule has 1 aromatic heterocycles. The highest BCUT2D eigenvalue weighted by atomic mass is 16.4. The van der Waals surface area contributed by atoms with E-state index in [0.717, 1.165) is 24.2 Å². The van der Waals surface area contributed by atoms with Gasteiger partial charge in [-0.15, -0.1) is 0 Å². The maximum atomic E-state index is 12.2. The second-order valence-corrected chi connectivity index (χ2v) is 5.34. The standard InChI is InChI=1S/C14H21N3O3/c1-10-9-11(2)17(15-10)8-6-13(18)16-7-4-3-5-12(16)14(19)20/h9,12H,3-8H2,1-2H3,(H,19,20)/t12-/m1/s1. The van der Waals surface area contributed by atoms with Crippen molar-refractivity contribution in [3.63, 3.8) is 0 Å². The monoisotopic (exact) mass is 279 g/mol. The number of rotatable bonds is 4. The lowest BCUT2D eigenvalue weighted by Crippen LogP contribution is -2.48. The Morgan fingerprint density at radius 3 is 2.75 bits per heavy atom. The lowest BCUT2D eigenvalue weighted by molar-refractivity contribution is -0.152. The molecule has 1 aliphatic rings. The van der Waals surface area contributed by atoms with Crippen LogP contribution in [-0.4, -0.2) is 44.3 Å². The third-order valence-corrected chi connectivity index (χ3v) is 3.75. The number of hydrogen-bond donors (Lipinski definition) is 1. The summed E-state index contributed by atoms with van der Waals surface area (Å²) >= 11 is 0. The van der Waals surface area contributed by atoms with Crippen molar-refractivity contribution < 1.29 is 14.7 Å². The van der Waals surface area contributed by atoms with Gasteiger partial charge < -0.3 is 10.0 Å². The average molecular weight is 279 g/mol. The molecule has 2 heterocycles. The third-order valence-electron chi connectivity index (χ3n) is 3.75. The van der Waals surface area contributed by atoms with Gasteiger partial charge in [0.2, 0.25) is 5.91 Å². The SMILES string of the molecule is Cc1cc(C)n(CCC(=O)N2CCCC[C@@H]2C(=O)O)n1. The van der Waals surface area contributed by atoms with Gasteiger partial charge in [-0.3, -0.25) is 9.48 Å². The van der Waals surface area contributed by atoms with Crippen LogP contribution in [-0.2, 0) is 16.1 Å². The highest BCUT2D eigenvalue weighted by Crippen LogP contribution is 2.18. The first-order valence-electron chi connectivity index (χ1n) is 7.02. The molecule has 110 valence electrons. The number of carboxylic acids is 1. The van der Waals surface area contributed by atoms with Crippen molar-refractivity contribution in [2.45, 2.75) is 52.1 Å². The summed E-state index contributed by atoms with van der Waals surface area (Å²) in [6.45, 7) is 4.91. The van der Waals surface area contributed by atoms with Gasteiger partial charge in [-0.1, -0.05) is 0 Å². The third kappa shape index (κ3) is 3.18. The quantitative estimate of drug-likeness (QED) is 0.903. The topological polar surface area (TPSA) is 75.4 Å². The van der Waals surface area contributed by atoms with E-state index >= 15 is 0 Å². The van der Waals surface area contributed by atoms with Crippen molar-refractivity contribution in [2.75, 3.05) is 6.54 Å². The van der Waals surface area contributed by atoms with Crippen LogP contribution in [0.15, 0.2) is 6.07 Å². The smallest absolute Gasteiger partial charge is 0.326 e. The van der Waals surface area contributed by atoms with Crippen molar-refractivity contribution in [3.8, 4) is 0 Å². The molecule has 6 nitrogen and oxygen atoms in total. The van der Waals surface area contributed by atoms with E-state index in [1.54, 1.807) is 4.68 Å². The van der Waals surface area contributed by atoms with Crippen molar-refractivity contribution in [3.05, 3.63) is 17.5 Å². The van der Waals surface area contributed by atoms with E-state index in [2.05, 4.69) is 5.10 Å². The zero-order valence-electron chi connectivity index (χ0n) is 12.0. The van der Waals surface area contributed by atoms with Gasteiger partial charge in [-0.2, -0.15) is 5.10 Å². The fraction of sp³-hybridized carbons (Fsp3) is 0.643. The first-order chi connectivity index (χ1) is 9.49. The van der Waals surface area contributed by atoms with Gasteiger partial charge in [0.25, 0.3) is 0 Å². The molecule has 0 unspecified atom stereocenters. The van der Waals surface area contributed by atoms with Crippen LogP contribution >= 0.6 is 0 Å². The van der Waals surface area contributed by atoms with Crippen molar-refractivity contribution in [1.82, 2.24) is 14.7 Å². The molecule has 0 spiro atoms. The minimum atomic E-state index is -0.899. The Morgan fingerprint density at radius 2 is 2.15 bits per heavy atom. The molecular weight excluding hydrogens is 258 g/mol. The molecule has 1 N–H and O–H groups in total. The Balaban J connectivity index is 1.96. The molecule has 0 saturated carbocycles. The number of hydrogen-bond acceptors (Lipinski definition) is 3. The molecule has 1 aliphatic heterocycles. The molecule has 2 rings (SSSR count). The van der Waals surface area contributed by atoms with E-state index < -0.39 is 12.0 Å². The summed E-state index contributed by atoms with van der Waals surface area (Å²) in [6, 6.07) is 1.31. The Morgan fingerprint density at radius 1 is 1.40 bits per heavy atom. The number of aromatic nitrogens is 2. The zero-order chi connectivity index (χ0) is 14.7. The van der Waals surface area contributed by atoms with Crippen LogP contribution in [0.5, 0.6) is 0 Å². The van der Waals surface area contributed by atoms with Crippen LogP contribution in [0.1, 0.15) is 37.1 Å². The van der Waals surface area contributed by atoms with E-state index in [9.17, 15) is 14.7 Å². The van der Waals surface area contributed by atoms with Crippen LogP contribution in [0, 0.1) is 13.8 Å². The molecule has 0 radical (unpaired) electrons. The van der Waals surface area contributed by atoms with Crippen molar-refractivity contribution >= 4 is 11.9 Å². The molecule has 1 atom stereocenters. The van der Waals surface area contributed by atoms with Gasteiger partial charge in [0.1, 0.15) is 6.04 Å². The summed E-state index contributed by atoms with van der Waals surface area (Å²) in [5, 5.41) is 13.5. The molecular formula is C14H21N3O3. The highest BCUT2D eigenvalue weighted by Gasteiger charge is 2.31. The predicted molar refractivity (Wildman–Crippen MR) is 73.3 cm³/mol. The van der Waals surface area contributed by atoms with E-state index in [1.807, 2.05) is 19.9 Å². The number of carbonyl (C=O) groups is 2. The van der Waals surface area contributed by atoms with Crippen LogP contribution < -0.4 is 0 Å². The normalized spacial score (nSPS) is 19.1. The predicted octanol–water partition coefficient (Wildman–Crippen LogP) is 1.36. The maximum absolute atomic E-state index is 12.2. The number of carbonyl (C=O) groups excluding carboxylic acids is 1. The number of likely N-dealkylation sites (tertiary alicyclic amines) is 1. The molecule has 1 fully saturated rings. The summed E-state index contributed by atoms with van der Waals surface area (Å²) in [5.74, 6) is -0.992. The van der Waals surface area contributed by atoms with Crippen LogP contribution in [0.2, 0.25) is 0 Å². The van der Waals surface area contributed by atoms with Gasteiger partial charge in [0.15, 0.2) is 0 Å². The Kier molecular flexibility index (Phi) is 4.42. The largest absolute Gasteiger partial charge is 0.480 e. The molecule has 0 aliphatic carbocycles. The fourth-order valence-electron chi connectivity index (χ4n) is 2.73. The molecule has 0 bridgehead atoms. The number of aryl methyl sites for hydroxylation is 3. The molecule has 0 aromatic carbocycles. The van der Waals surface area contributed by atoms with E-state index in [4.69, 9.17) is 0 Å². The van der Waals surface area contributed by atoms with Gasteiger partial charge >= 0.3 is 5.97 Å². The summed E-state index contributed by atoms with van der Waals surface area (Å²) in [7, 11) is 0. The minimum Gasteiger partial charge on any atom is -0.480 e. The first-order valence-corrected chi connectivity index (χ1v) is 7.02. The van der Waals surface area contributed by atoms with Gasteiger partial charge in [-0.05, 0) is 39.2 Å². The molecule has 20 heavy (non-hydrogen) atoms. The molecule has 1 amide bonds. The van der Waals surface area contributed by atoms with Crippen molar-refractivity contribution in [1.29, 1.82) is 0 Å². The van der Waals surface area contributed by atoms with Crippen LogP contribution in [0.4, 0.5) is 0 Å². The summed E-state index contributed by atoms with van der Waals surface area (Å²) < 4.78 is 1.80. The molecule has 6 heteroatoms. The average Bonchev–Trinajstić information content (AvgIpc) is 2.74. The van der Waals surface area contributed by atoms with Gasteiger partial charge in [0, 0.05) is 25.2 Å². The summed E-state index contributed by atoms with van der Waals surface area (Å²) in [5.41, 5.74) is 1.94. The zero-order valence-corrected chi connectivity index (χ0v) is 12.0. The number of carboxylic acid groups (broad SMARTS) is 1. The minimum absolute atomic E-state index is 0.0929. The van der Waals surface area contributed by atoms with Gasteiger partial charge in [-0.25, -0.2) is 4.79 Å². The number of aliphatic carboxylic acids is 1. The lowest BCUT2D eigenvalue weighted by Gasteiger charge is -2.33.